The molecule has 1 aliphatic rings. The van der Waals surface area contributed by atoms with Gasteiger partial charge in [-0.2, -0.15) is 0 Å². The molecule has 2 N–H and O–H groups in total. The van der Waals surface area contributed by atoms with Crippen molar-refractivity contribution in [2.45, 2.75) is 26.3 Å². The highest BCUT2D eigenvalue weighted by Crippen LogP contribution is 2.24. The van der Waals surface area contributed by atoms with Crippen molar-refractivity contribution in [1.82, 2.24) is 0 Å². The van der Waals surface area contributed by atoms with Crippen molar-refractivity contribution in [3.63, 3.8) is 0 Å². The lowest BCUT2D eigenvalue weighted by Crippen LogP contribution is -2.21. The molecule has 2 unspecified atom stereocenters. The molecule has 0 aromatic heterocycles. The van der Waals surface area contributed by atoms with Gasteiger partial charge < -0.3 is 15.2 Å². The summed E-state index contributed by atoms with van der Waals surface area (Å²) in [5, 5.41) is 0. The molecule has 0 saturated carbocycles. The van der Waals surface area contributed by atoms with Crippen LogP contribution < -0.4 is 10.5 Å². The Balaban J connectivity index is 1.60. The van der Waals surface area contributed by atoms with Crippen LogP contribution in [0, 0.1) is 11.8 Å². The summed E-state index contributed by atoms with van der Waals surface area (Å²) in [4.78, 5) is 0. The first-order valence-corrected chi connectivity index (χ1v) is 7.44. The van der Waals surface area contributed by atoms with Crippen LogP contribution in [-0.2, 0) is 11.3 Å². The second kappa shape index (κ2) is 8.08. The lowest BCUT2D eigenvalue weighted by Gasteiger charge is -2.24. The monoisotopic (exact) mass is 275 g/mol. The predicted octanol–water partition coefficient (Wildman–Crippen LogP) is 3.14. The van der Waals surface area contributed by atoms with Gasteiger partial charge in [0.05, 0.1) is 13.2 Å². The third-order valence-corrected chi connectivity index (χ3v) is 3.91. The first kappa shape index (κ1) is 15.1. The summed E-state index contributed by atoms with van der Waals surface area (Å²) in [5.74, 6) is 2.26. The van der Waals surface area contributed by atoms with E-state index in [-0.39, 0.29) is 0 Å². The standard InChI is InChI=1S/C17H25NO2/c1-14-4-2-3-5-16(14)13-19-10-11-20-17-8-6-15(12-18)7-9-17/h2-3,6-9,14,16H,4-5,10-13,18H2,1H3. The fourth-order valence-electron chi connectivity index (χ4n) is 2.41. The first-order valence-electron chi connectivity index (χ1n) is 7.44. The van der Waals surface area contributed by atoms with Crippen LogP contribution in [0.15, 0.2) is 36.4 Å². The molecule has 2 rings (SSSR count). The van der Waals surface area contributed by atoms with Crippen molar-refractivity contribution in [1.29, 1.82) is 0 Å². The van der Waals surface area contributed by atoms with Crippen LogP contribution in [0.2, 0.25) is 0 Å². The number of ether oxygens (including phenoxy) is 2. The maximum atomic E-state index is 5.73. The van der Waals surface area contributed by atoms with Crippen LogP contribution in [0.1, 0.15) is 25.3 Å². The Labute approximate surface area is 121 Å². The van der Waals surface area contributed by atoms with Crippen LogP contribution in [0.5, 0.6) is 5.75 Å². The number of rotatable bonds is 7. The molecule has 110 valence electrons. The molecule has 0 fully saturated rings. The van der Waals surface area contributed by atoms with E-state index in [1.807, 2.05) is 24.3 Å². The van der Waals surface area contributed by atoms with E-state index in [0.717, 1.165) is 30.3 Å². The molecule has 0 bridgehead atoms. The van der Waals surface area contributed by atoms with Gasteiger partial charge in [0.1, 0.15) is 12.4 Å². The van der Waals surface area contributed by atoms with Gasteiger partial charge in [-0.05, 0) is 42.4 Å². The number of hydrogen-bond donors (Lipinski definition) is 1. The van der Waals surface area contributed by atoms with E-state index in [1.165, 1.54) is 6.42 Å². The zero-order valence-corrected chi connectivity index (χ0v) is 12.3. The normalized spacial score (nSPS) is 21.9. The van der Waals surface area contributed by atoms with Gasteiger partial charge in [0.25, 0.3) is 0 Å². The van der Waals surface area contributed by atoms with E-state index in [9.17, 15) is 0 Å². The van der Waals surface area contributed by atoms with E-state index in [2.05, 4.69) is 19.1 Å². The van der Waals surface area contributed by atoms with Gasteiger partial charge in [-0.25, -0.2) is 0 Å². The number of allylic oxidation sites excluding steroid dienone is 2. The van der Waals surface area contributed by atoms with Crippen molar-refractivity contribution in [3.8, 4) is 5.75 Å². The Hall–Kier alpha value is -1.32. The van der Waals surface area contributed by atoms with Crippen molar-refractivity contribution < 1.29 is 9.47 Å². The average Bonchev–Trinajstić information content (AvgIpc) is 2.49. The second-order valence-electron chi connectivity index (χ2n) is 5.45. The van der Waals surface area contributed by atoms with E-state index < -0.39 is 0 Å². The maximum Gasteiger partial charge on any atom is 0.119 e. The summed E-state index contributed by atoms with van der Waals surface area (Å²) >= 11 is 0. The molecule has 0 heterocycles. The van der Waals surface area contributed by atoms with Crippen molar-refractivity contribution in [2.24, 2.45) is 17.6 Å². The van der Waals surface area contributed by atoms with Gasteiger partial charge in [0.15, 0.2) is 0 Å². The summed E-state index contributed by atoms with van der Waals surface area (Å²) < 4.78 is 11.4. The summed E-state index contributed by atoms with van der Waals surface area (Å²) in [6, 6.07) is 7.89. The molecule has 0 radical (unpaired) electrons. The molecule has 1 aromatic rings. The quantitative estimate of drug-likeness (QED) is 0.614. The predicted molar refractivity (Wildman–Crippen MR) is 81.7 cm³/mol. The van der Waals surface area contributed by atoms with Gasteiger partial charge in [-0.1, -0.05) is 31.2 Å². The maximum absolute atomic E-state index is 5.73. The summed E-state index contributed by atoms with van der Waals surface area (Å²) in [5.41, 5.74) is 6.67. The van der Waals surface area contributed by atoms with Crippen LogP contribution in [0.3, 0.4) is 0 Å². The topological polar surface area (TPSA) is 44.5 Å². The van der Waals surface area contributed by atoms with Crippen molar-refractivity contribution >= 4 is 0 Å². The van der Waals surface area contributed by atoms with Crippen molar-refractivity contribution in [2.75, 3.05) is 19.8 Å². The Morgan fingerprint density at radius 2 is 1.85 bits per heavy atom. The molecule has 0 saturated heterocycles. The zero-order valence-electron chi connectivity index (χ0n) is 12.3. The highest BCUT2D eigenvalue weighted by atomic mass is 16.5. The van der Waals surface area contributed by atoms with Gasteiger partial charge in [0.2, 0.25) is 0 Å². The number of benzene rings is 1. The van der Waals surface area contributed by atoms with Crippen molar-refractivity contribution in [3.05, 3.63) is 42.0 Å². The van der Waals surface area contributed by atoms with E-state index in [0.29, 0.717) is 25.7 Å². The Kier molecular flexibility index (Phi) is 6.09. The van der Waals surface area contributed by atoms with E-state index >= 15 is 0 Å². The van der Waals surface area contributed by atoms with Crippen LogP contribution in [0.25, 0.3) is 0 Å². The highest BCUT2D eigenvalue weighted by Gasteiger charge is 2.17. The Morgan fingerprint density at radius 1 is 1.10 bits per heavy atom. The smallest absolute Gasteiger partial charge is 0.119 e. The number of hydrogen-bond acceptors (Lipinski definition) is 3. The molecule has 2 atom stereocenters. The Morgan fingerprint density at radius 3 is 2.55 bits per heavy atom. The van der Waals surface area contributed by atoms with Crippen LogP contribution in [-0.4, -0.2) is 19.8 Å². The van der Waals surface area contributed by atoms with Gasteiger partial charge >= 0.3 is 0 Å². The molecule has 3 nitrogen and oxygen atoms in total. The molecular weight excluding hydrogens is 250 g/mol. The summed E-state index contributed by atoms with van der Waals surface area (Å²) in [6.45, 7) is 4.94. The molecule has 1 aromatic carbocycles. The third-order valence-electron chi connectivity index (χ3n) is 3.91. The summed E-state index contributed by atoms with van der Waals surface area (Å²) in [7, 11) is 0. The van der Waals surface area contributed by atoms with Crippen LogP contribution in [0.4, 0.5) is 0 Å². The van der Waals surface area contributed by atoms with Crippen LogP contribution >= 0.6 is 0 Å². The zero-order chi connectivity index (χ0) is 14.2. The molecule has 0 spiro atoms. The molecule has 0 amide bonds. The van der Waals surface area contributed by atoms with Gasteiger partial charge in [0, 0.05) is 6.54 Å². The molecule has 20 heavy (non-hydrogen) atoms. The molecule has 0 aliphatic heterocycles. The third kappa shape index (κ3) is 4.66. The lowest BCUT2D eigenvalue weighted by molar-refractivity contribution is 0.0586. The van der Waals surface area contributed by atoms with E-state index in [1.54, 1.807) is 0 Å². The average molecular weight is 275 g/mol. The minimum absolute atomic E-state index is 0.567. The lowest BCUT2D eigenvalue weighted by atomic mass is 9.85. The van der Waals surface area contributed by atoms with E-state index in [4.69, 9.17) is 15.2 Å². The van der Waals surface area contributed by atoms with Gasteiger partial charge in [-0.15, -0.1) is 0 Å². The highest BCUT2D eigenvalue weighted by molar-refractivity contribution is 5.26. The summed E-state index contributed by atoms with van der Waals surface area (Å²) in [6.07, 6.45) is 6.86. The second-order valence-corrected chi connectivity index (χ2v) is 5.45. The molecule has 3 heteroatoms. The molecular formula is C17H25NO2. The fourth-order valence-corrected chi connectivity index (χ4v) is 2.41. The Bertz CT molecular complexity index is 414. The number of nitrogens with two attached hydrogens (primary N) is 1. The fraction of sp³-hybridized carbons (Fsp3) is 0.529. The van der Waals surface area contributed by atoms with Gasteiger partial charge in [-0.3, -0.25) is 0 Å². The first-order chi connectivity index (χ1) is 9.79. The SMILES string of the molecule is CC1CC=CCC1COCCOc1ccc(CN)cc1. The minimum atomic E-state index is 0.567. The largest absolute Gasteiger partial charge is 0.491 e. The molecule has 1 aliphatic carbocycles. The minimum Gasteiger partial charge on any atom is -0.491 e.